The van der Waals surface area contributed by atoms with Gasteiger partial charge in [-0.1, -0.05) is 30.3 Å². The zero-order chi connectivity index (χ0) is 20.0. The van der Waals surface area contributed by atoms with E-state index in [1.165, 1.54) is 18.5 Å². The van der Waals surface area contributed by atoms with Crippen molar-refractivity contribution in [1.29, 1.82) is 0 Å². The highest BCUT2D eigenvalue weighted by atomic mass is 16.6. The fourth-order valence-corrected chi connectivity index (χ4v) is 2.77. The van der Waals surface area contributed by atoms with Crippen LogP contribution in [0.4, 0.5) is 5.69 Å². The Hall–Kier alpha value is -3.23. The van der Waals surface area contributed by atoms with Gasteiger partial charge in [0.05, 0.1) is 11.5 Å². The van der Waals surface area contributed by atoms with Crippen LogP contribution in [0.5, 0.6) is 0 Å². The van der Waals surface area contributed by atoms with Gasteiger partial charge >= 0.3 is 11.7 Å². The van der Waals surface area contributed by atoms with E-state index in [2.05, 4.69) is 10.4 Å². The van der Waals surface area contributed by atoms with E-state index in [0.29, 0.717) is 0 Å². The number of carbonyl (C=O) groups is 2. The minimum atomic E-state index is -0.855. The maximum atomic E-state index is 12.4. The summed E-state index contributed by atoms with van der Waals surface area (Å²) in [5, 5.41) is 17.8. The van der Waals surface area contributed by atoms with Crippen LogP contribution in [0, 0.1) is 24.0 Å². The van der Waals surface area contributed by atoms with Gasteiger partial charge in [0.15, 0.2) is 0 Å². The summed E-state index contributed by atoms with van der Waals surface area (Å²) in [6.45, 7) is 4.69. The number of nitro groups is 1. The summed E-state index contributed by atoms with van der Waals surface area (Å²) >= 11 is 0. The SMILES string of the molecule is CCOC(=O)C(Cc1ccccc1)NC(=O)Cn1nc(C)c([N+](=O)[O-])c1C. The van der Waals surface area contributed by atoms with E-state index in [1.54, 1.807) is 6.92 Å². The summed E-state index contributed by atoms with van der Waals surface area (Å²) in [6, 6.07) is 8.39. The molecule has 1 N–H and O–H groups in total. The zero-order valence-electron chi connectivity index (χ0n) is 15.5. The molecule has 1 atom stereocenters. The number of hydrogen-bond donors (Lipinski definition) is 1. The summed E-state index contributed by atoms with van der Waals surface area (Å²) in [4.78, 5) is 35.2. The van der Waals surface area contributed by atoms with Crippen molar-refractivity contribution < 1.29 is 19.2 Å². The lowest BCUT2D eigenvalue weighted by atomic mass is 10.1. The van der Waals surface area contributed by atoms with E-state index in [0.717, 1.165) is 5.56 Å². The first kappa shape index (κ1) is 20.1. The highest BCUT2D eigenvalue weighted by molar-refractivity contribution is 5.84. The first-order chi connectivity index (χ1) is 12.8. The van der Waals surface area contributed by atoms with Gasteiger partial charge < -0.3 is 10.1 Å². The van der Waals surface area contributed by atoms with Crippen molar-refractivity contribution in [2.24, 2.45) is 0 Å². The largest absolute Gasteiger partial charge is 0.464 e. The van der Waals surface area contributed by atoms with Crippen LogP contribution < -0.4 is 5.32 Å². The molecule has 2 rings (SSSR count). The van der Waals surface area contributed by atoms with Crippen LogP contribution in [0.1, 0.15) is 23.9 Å². The third kappa shape index (κ3) is 5.13. The maximum Gasteiger partial charge on any atom is 0.328 e. The molecule has 1 heterocycles. The maximum absolute atomic E-state index is 12.4. The normalized spacial score (nSPS) is 11.7. The molecule has 9 nitrogen and oxygen atoms in total. The summed E-state index contributed by atoms with van der Waals surface area (Å²) in [7, 11) is 0. The van der Waals surface area contributed by atoms with E-state index in [1.807, 2.05) is 30.3 Å². The molecule has 0 bridgehead atoms. The predicted octanol–water partition coefficient (Wildman–Crippen LogP) is 1.70. The molecule has 0 aliphatic rings. The highest BCUT2D eigenvalue weighted by Gasteiger charge is 2.25. The second-order valence-electron chi connectivity index (χ2n) is 6.00. The number of amides is 1. The van der Waals surface area contributed by atoms with Gasteiger partial charge in [0.2, 0.25) is 5.91 Å². The Morgan fingerprint density at radius 3 is 2.52 bits per heavy atom. The number of nitrogens with one attached hydrogen (secondary N) is 1. The van der Waals surface area contributed by atoms with Gasteiger partial charge in [-0.3, -0.25) is 19.6 Å². The average Bonchev–Trinajstić information content (AvgIpc) is 2.89. The first-order valence-electron chi connectivity index (χ1n) is 8.51. The molecule has 0 radical (unpaired) electrons. The predicted molar refractivity (Wildman–Crippen MR) is 97.1 cm³/mol. The van der Waals surface area contributed by atoms with E-state index >= 15 is 0 Å². The van der Waals surface area contributed by atoms with E-state index in [-0.39, 0.29) is 36.6 Å². The summed E-state index contributed by atoms with van der Waals surface area (Å²) < 4.78 is 6.30. The molecule has 0 aliphatic carbocycles. The Morgan fingerprint density at radius 2 is 1.96 bits per heavy atom. The van der Waals surface area contributed by atoms with Crippen molar-refractivity contribution in [3.8, 4) is 0 Å². The van der Waals surface area contributed by atoms with Crippen molar-refractivity contribution in [3.63, 3.8) is 0 Å². The van der Waals surface area contributed by atoms with Crippen LogP contribution in [0.15, 0.2) is 30.3 Å². The van der Waals surface area contributed by atoms with Crippen LogP contribution in [-0.2, 0) is 27.3 Å². The Kier molecular flexibility index (Phi) is 6.64. The van der Waals surface area contributed by atoms with E-state index in [4.69, 9.17) is 4.74 Å². The van der Waals surface area contributed by atoms with Crippen LogP contribution in [0.3, 0.4) is 0 Å². The van der Waals surface area contributed by atoms with Gasteiger partial charge in [-0.15, -0.1) is 0 Å². The lowest BCUT2D eigenvalue weighted by Crippen LogP contribution is -2.44. The number of carbonyl (C=O) groups excluding carboxylic acids is 2. The lowest BCUT2D eigenvalue weighted by Gasteiger charge is -2.17. The van der Waals surface area contributed by atoms with Crippen LogP contribution in [-0.4, -0.2) is 39.2 Å². The van der Waals surface area contributed by atoms with Gasteiger partial charge in [-0.05, 0) is 26.3 Å². The number of nitrogens with zero attached hydrogens (tertiary/aromatic N) is 3. The highest BCUT2D eigenvalue weighted by Crippen LogP contribution is 2.21. The molecule has 0 saturated carbocycles. The number of aryl methyl sites for hydroxylation is 1. The molecule has 1 amide bonds. The monoisotopic (exact) mass is 374 g/mol. The van der Waals surface area contributed by atoms with Gasteiger partial charge in [-0.25, -0.2) is 4.79 Å². The van der Waals surface area contributed by atoms with Crippen LogP contribution >= 0.6 is 0 Å². The Labute approximate surface area is 156 Å². The quantitative estimate of drug-likeness (QED) is 0.427. The van der Waals surface area contributed by atoms with Crippen molar-refractivity contribution in [3.05, 3.63) is 57.4 Å². The summed E-state index contributed by atoms with van der Waals surface area (Å²) in [5.41, 5.74) is 1.27. The van der Waals surface area contributed by atoms with Crippen LogP contribution in [0.2, 0.25) is 0 Å². The first-order valence-corrected chi connectivity index (χ1v) is 8.51. The number of hydrogen-bond acceptors (Lipinski definition) is 6. The molecule has 27 heavy (non-hydrogen) atoms. The average molecular weight is 374 g/mol. The van der Waals surface area contributed by atoms with E-state index < -0.39 is 22.8 Å². The fraction of sp³-hybridized carbons (Fsp3) is 0.389. The molecule has 144 valence electrons. The third-order valence-electron chi connectivity index (χ3n) is 4.01. The van der Waals surface area contributed by atoms with Gasteiger partial charge in [0.25, 0.3) is 0 Å². The fourth-order valence-electron chi connectivity index (χ4n) is 2.77. The summed E-state index contributed by atoms with van der Waals surface area (Å²) in [5.74, 6) is -1.02. The van der Waals surface area contributed by atoms with Gasteiger partial charge in [0.1, 0.15) is 24.0 Å². The van der Waals surface area contributed by atoms with E-state index in [9.17, 15) is 19.7 Å². The third-order valence-corrected chi connectivity index (χ3v) is 4.01. The second kappa shape index (κ2) is 8.93. The van der Waals surface area contributed by atoms with Crippen LogP contribution in [0.25, 0.3) is 0 Å². The minimum absolute atomic E-state index is 0.117. The van der Waals surface area contributed by atoms with Crippen molar-refractivity contribution in [2.75, 3.05) is 6.61 Å². The topological polar surface area (TPSA) is 116 Å². The van der Waals surface area contributed by atoms with Gasteiger partial charge in [-0.2, -0.15) is 5.10 Å². The molecule has 0 fully saturated rings. The number of benzene rings is 1. The van der Waals surface area contributed by atoms with Crippen molar-refractivity contribution in [2.45, 2.75) is 39.8 Å². The molecule has 2 aromatic rings. The molecular weight excluding hydrogens is 352 g/mol. The summed E-state index contributed by atoms with van der Waals surface area (Å²) in [6.07, 6.45) is 0.280. The number of rotatable bonds is 8. The smallest absolute Gasteiger partial charge is 0.328 e. The molecule has 0 spiro atoms. The van der Waals surface area contributed by atoms with Crippen molar-refractivity contribution >= 4 is 17.6 Å². The Morgan fingerprint density at radius 1 is 1.30 bits per heavy atom. The Balaban J connectivity index is 2.12. The van der Waals surface area contributed by atoms with Gasteiger partial charge in [0, 0.05) is 6.42 Å². The lowest BCUT2D eigenvalue weighted by molar-refractivity contribution is -0.386. The molecule has 1 unspecified atom stereocenters. The standard InChI is InChI=1S/C18H22N4O5/c1-4-27-18(24)15(10-14-8-6-5-7-9-14)19-16(23)11-21-13(3)17(22(25)26)12(2)20-21/h5-9,15H,4,10-11H2,1-3H3,(H,19,23). The molecule has 9 heteroatoms. The molecule has 0 saturated heterocycles. The minimum Gasteiger partial charge on any atom is -0.464 e. The van der Waals surface area contributed by atoms with Crippen molar-refractivity contribution in [1.82, 2.24) is 15.1 Å². The number of ether oxygens (including phenoxy) is 1. The molecular formula is C18H22N4O5. The molecule has 1 aromatic carbocycles. The Bertz CT molecular complexity index is 832. The number of esters is 1. The number of aromatic nitrogens is 2. The molecule has 0 aliphatic heterocycles. The second-order valence-corrected chi connectivity index (χ2v) is 6.00. The zero-order valence-corrected chi connectivity index (χ0v) is 15.5. The molecule has 1 aromatic heterocycles.